The SMILES string of the molecule is CCC1(CC)CC(=O)N(Cc2cccc(C(=O)N[C@@H]3CCOc4ccc(Cl)cc43)c2)C(=N)N1. The Kier molecular flexibility index (Phi) is 6.61. The van der Waals surface area contributed by atoms with E-state index in [9.17, 15) is 9.59 Å². The average Bonchev–Trinajstić information content (AvgIpc) is 2.82. The Hall–Kier alpha value is -3.06. The van der Waals surface area contributed by atoms with Crippen LogP contribution in [0.3, 0.4) is 0 Å². The van der Waals surface area contributed by atoms with E-state index in [4.69, 9.17) is 21.7 Å². The molecule has 1 atom stereocenters. The Balaban J connectivity index is 1.47. The van der Waals surface area contributed by atoms with Crippen LogP contribution in [-0.4, -0.2) is 34.8 Å². The summed E-state index contributed by atoms with van der Waals surface area (Å²) in [7, 11) is 0. The Morgan fingerprint density at radius 1 is 1.27 bits per heavy atom. The summed E-state index contributed by atoms with van der Waals surface area (Å²) in [6, 6.07) is 12.4. The van der Waals surface area contributed by atoms with Gasteiger partial charge < -0.3 is 15.4 Å². The first-order valence-corrected chi connectivity index (χ1v) is 11.7. The first kappa shape index (κ1) is 23.1. The minimum Gasteiger partial charge on any atom is -0.493 e. The van der Waals surface area contributed by atoms with Crippen molar-refractivity contribution in [2.45, 2.75) is 57.7 Å². The second-order valence-corrected chi connectivity index (χ2v) is 9.10. The lowest BCUT2D eigenvalue weighted by Gasteiger charge is -2.42. The van der Waals surface area contributed by atoms with E-state index >= 15 is 0 Å². The highest BCUT2D eigenvalue weighted by Gasteiger charge is 2.38. The van der Waals surface area contributed by atoms with E-state index in [2.05, 4.69) is 10.6 Å². The summed E-state index contributed by atoms with van der Waals surface area (Å²) < 4.78 is 5.68. The van der Waals surface area contributed by atoms with Crippen molar-refractivity contribution in [3.63, 3.8) is 0 Å². The third-order valence-electron chi connectivity index (χ3n) is 6.64. The van der Waals surface area contributed by atoms with E-state index in [0.29, 0.717) is 30.0 Å². The first-order valence-electron chi connectivity index (χ1n) is 11.3. The number of rotatable bonds is 6. The number of carbonyl (C=O) groups excluding carboxylic acids is 2. The molecule has 0 spiro atoms. The van der Waals surface area contributed by atoms with Crippen LogP contribution in [-0.2, 0) is 11.3 Å². The van der Waals surface area contributed by atoms with Crippen molar-refractivity contribution in [1.29, 1.82) is 5.41 Å². The Morgan fingerprint density at radius 2 is 2.06 bits per heavy atom. The van der Waals surface area contributed by atoms with Gasteiger partial charge in [-0.3, -0.25) is 19.9 Å². The lowest BCUT2D eigenvalue weighted by molar-refractivity contribution is -0.131. The number of halogens is 1. The summed E-state index contributed by atoms with van der Waals surface area (Å²) in [4.78, 5) is 27.3. The van der Waals surface area contributed by atoms with E-state index in [1.54, 1.807) is 24.3 Å². The minimum absolute atomic E-state index is 0.0759. The molecule has 0 radical (unpaired) electrons. The summed E-state index contributed by atoms with van der Waals surface area (Å²) in [5, 5.41) is 15.3. The number of guanidine groups is 1. The summed E-state index contributed by atoms with van der Waals surface area (Å²) in [5.74, 6) is 0.562. The molecule has 2 heterocycles. The van der Waals surface area contributed by atoms with Crippen LogP contribution in [0.1, 0.15) is 67.1 Å². The summed E-state index contributed by atoms with van der Waals surface area (Å²) in [6.45, 7) is 4.81. The van der Waals surface area contributed by atoms with Gasteiger partial charge in [-0.2, -0.15) is 0 Å². The summed E-state index contributed by atoms with van der Waals surface area (Å²) >= 11 is 6.15. The number of fused-ring (bicyclic) bond motifs is 1. The lowest BCUT2D eigenvalue weighted by atomic mass is 9.87. The fourth-order valence-corrected chi connectivity index (χ4v) is 4.65. The van der Waals surface area contributed by atoms with Crippen LogP contribution >= 0.6 is 11.6 Å². The molecule has 0 unspecified atom stereocenters. The summed E-state index contributed by atoms with van der Waals surface area (Å²) in [6.07, 6.45) is 2.57. The van der Waals surface area contributed by atoms with Gasteiger partial charge >= 0.3 is 0 Å². The van der Waals surface area contributed by atoms with Gasteiger partial charge in [0.15, 0.2) is 5.96 Å². The van der Waals surface area contributed by atoms with E-state index in [1.807, 2.05) is 32.0 Å². The fourth-order valence-electron chi connectivity index (χ4n) is 4.47. The predicted molar refractivity (Wildman–Crippen MR) is 128 cm³/mol. The molecule has 7 nitrogen and oxygen atoms in total. The normalized spacial score (nSPS) is 19.4. The number of ether oxygens (including phenoxy) is 1. The van der Waals surface area contributed by atoms with Crippen LogP contribution < -0.4 is 15.4 Å². The van der Waals surface area contributed by atoms with Crippen molar-refractivity contribution in [3.8, 4) is 5.75 Å². The lowest BCUT2D eigenvalue weighted by Crippen LogP contribution is -2.61. The molecule has 0 saturated carbocycles. The second kappa shape index (κ2) is 9.43. The maximum Gasteiger partial charge on any atom is 0.251 e. The van der Waals surface area contributed by atoms with Gasteiger partial charge in [0.2, 0.25) is 5.91 Å². The van der Waals surface area contributed by atoms with Crippen LogP contribution in [0.4, 0.5) is 0 Å². The van der Waals surface area contributed by atoms with Gasteiger partial charge in [-0.25, -0.2) is 0 Å². The molecule has 174 valence electrons. The third kappa shape index (κ3) is 4.83. The predicted octanol–water partition coefficient (Wildman–Crippen LogP) is 4.41. The highest BCUT2D eigenvalue weighted by atomic mass is 35.5. The molecule has 1 saturated heterocycles. The van der Waals surface area contributed by atoms with E-state index in [0.717, 1.165) is 29.7 Å². The fraction of sp³-hybridized carbons (Fsp3) is 0.400. The van der Waals surface area contributed by atoms with Crippen molar-refractivity contribution in [2.75, 3.05) is 6.61 Å². The number of nitrogens with zero attached hydrogens (tertiary/aromatic N) is 1. The molecule has 0 bridgehead atoms. The topological polar surface area (TPSA) is 94.5 Å². The van der Waals surface area contributed by atoms with E-state index in [-0.39, 0.29) is 35.9 Å². The molecule has 0 aliphatic carbocycles. The number of benzene rings is 2. The number of amides is 2. The van der Waals surface area contributed by atoms with Gasteiger partial charge in [0.1, 0.15) is 5.75 Å². The van der Waals surface area contributed by atoms with Crippen molar-refractivity contribution in [2.24, 2.45) is 0 Å². The van der Waals surface area contributed by atoms with Gasteiger partial charge in [-0.1, -0.05) is 37.6 Å². The molecule has 33 heavy (non-hydrogen) atoms. The molecule has 2 amide bonds. The average molecular weight is 469 g/mol. The zero-order valence-corrected chi connectivity index (χ0v) is 19.7. The number of carbonyl (C=O) groups is 2. The van der Waals surface area contributed by atoms with Gasteiger partial charge in [-0.05, 0) is 48.7 Å². The molecular weight excluding hydrogens is 440 g/mol. The highest BCUT2D eigenvalue weighted by Crippen LogP contribution is 2.34. The quantitative estimate of drug-likeness (QED) is 0.585. The zero-order chi connectivity index (χ0) is 23.6. The van der Waals surface area contributed by atoms with Crippen molar-refractivity contribution < 1.29 is 14.3 Å². The molecule has 2 aliphatic rings. The van der Waals surface area contributed by atoms with Crippen LogP contribution in [0.15, 0.2) is 42.5 Å². The zero-order valence-electron chi connectivity index (χ0n) is 18.9. The summed E-state index contributed by atoms with van der Waals surface area (Å²) in [5.41, 5.74) is 1.81. The number of nitrogens with one attached hydrogen (secondary N) is 3. The molecule has 8 heteroatoms. The molecule has 3 N–H and O–H groups in total. The van der Waals surface area contributed by atoms with Gasteiger partial charge in [0.25, 0.3) is 5.91 Å². The molecule has 1 fully saturated rings. The minimum atomic E-state index is -0.352. The van der Waals surface area contributed by atoms with Crippen molar-refractivity contribution in [1.82, 2.24) is 15.5 Å². The largest absolute Gasteiger partial charge is 0.493 e. The molecule has 2 aromatic carbocycles. The number of hydrogen-bond donors (Lipinski definition) is 3. The van der Waals surface area contributed by atoms with Gasteiger partial charge in [-0.15, -0.1) is 0 Å². The van der Waals surface area contributed by atoms with E-state index in [1.165, 1.54) is 4.90 Å². The Labute approximate surface area is 199 Å². The third-order valence-corrected chi connectivity index (χ3v) is 6.88. The molecular formula is C25H29ClN4O3. The van der Waals surface area contributed by atoms with E-state index < -0.39 is 0 Å². The maximum absolute atomic E-state index is 13.0. The molecule has 4 rings (SSSR count). The highest BCUT2D eigenvalue weighted by molar-refractivity contribution is 6.30. The molecule has 0 aromatic heterocycles. The van der Waals surface area contributed by atoms with Crippen molar-refractivity contribution in [3.05, 3.63) is 64.2 Å². The molecule has 2 aliphatic heterocycles. The van der Waals surface area contributed by atoms with Crippen molar-refractivity contribution >= 4 is 29.4 Å². The van der Waals surface area contributed by atoms with Crippen LogP contribution in [0.25, 0.3) is 0 Å². The standard InChI is InChI=1S/C25H29ClN4O3/c1-3-25(4-2)14-22(31)30(24(27)29-25)15-16-6-5-7-17(12-16)23(32)28-20-10-11-33-21-9-8-18(26)13-19(20)21/h5-9,12-13,20H,3-4,10-11,14-15H2,1-2H3,(H2,27,29)(H,28,32)/t20-/m1/s1. The van der Waals surface area contributed by atoms with Gasteiger partial charge in [0, 0.05) is 28.1 Å². The van der Waals surface area contributed by atoms with Gasteiger partial charge in [0.05, 0.1) is 25.6 Å². The van der Waals surface area contributed by atoms with Crippen LogP contribution in [0.5, 0.6) is 5.75 Å². The molecule has 2 aromatic rings. The van der Waals surface area contributed by atoms with Crippen LogP contribution in [0, 0.1) is 5.41 Å². The number of hydrogen-bond acceptors (Lipinski definition) is 4. The smallest absolute Gasteiger partial charge is 0.251 e. The second-order valence-electron chi connectivity index (χ2n) is 8.66. The Bertz CT molecular complexity index is 1060. The first-order chi connectivity index (χ1) is 15.8. The van der Waals surface area contributed by atoms with Crippen LogP contribution in [0.2, 0.25) is 5.02 Å². The Morgan fingerprint density at radius 3 is 2.79 bits per heavy atom. The monoisotopic (exact) mass is 468 g/mol. The maximum atomic E-state index is 13.0.